The Morgan fingerprint density at radius 2 is 2.12 bits per heavy atom. The van der Waals surface area contributed by atoms with Crippen LogP contribution in [0.3, 0.4) is 0 Å². The molecule has 0 aromatic carbocycles. The van der Waals surface area contributed by atoms with Crippen LogP contribution < -0.4 is 11.1 Å². The highest BCUT2D eigenvalue weighted by Gasteiger charge is 2.20. The number of likely N-dealkylation sites (N-methyl/N-ethyl adjacent to an activating group) is 2. The maximum absolute atomic E-state index is 11.8. The van der Waals surface area contributed by atoms with Crippen molar-refractivity contribution in [2.75, 3.05) is 32.1 Å². The van der Waals surface area contributed by atoms with Gasteiger partial charge in [-0.2, -0.15) is 11.8 Å². The molecule has 0 saturated carbocycles. The van der Waals surface area contributed by atoms with Crippen LogP contribution in [0.2, 0.25) is 0 Å². The Morgan fingerprint density at radius 3 is 2.56 bits per heavy atom. The van der Waals surface area contributed by atoms with Gasteiger partial charge >= 0.3 is 0 Å². The lowest BCUT2D eigenvalue weighted by atomic mass is 10.2. The molecule has 6 heteroatoms. The quantitative estimate of drug-likeness (QED) is 0.645. The van der Waals surface area contributed by atoms with Gasteiger partial charge in [0, 0.05) is 13.6 Å². The van der Waals surface area contributed by atoms with Crippen LogP contribution in [-0.2, 0) is 9.59 Å². The third-order valence-corrected chi connectivity index (χ3v) is 2.90. The zero-order chi connectivity index (χ0) is 12.6. The predicted octanol–water partition coefficient (Wildman–Crippen LogP) is -0.339. The van der Waals surface area contributed by atoms with Crippen molar-refractivity contribution in [1.82, 2.24) is 10.2 Å². The van der Waals surface area contributed by atoms with E-state index in [1.54, 1.807) is 18.8 Å². The Kier molecular flexibility index (Phi) is 8.01. The average Bonchev–Trinajstić information content (AvgIpc) is 2.31. The van der Waals surface area contributed by atoms with Crippen molar-refractivity contribution in [2.24, 2.45) is 5.73 Å². The molecule has 0 aliphatic rings. The van der Waals surface area contributed by atoms with E-state index in [-0.39, 0.29) is 18.4 Å². The molecule has 0 aromatic heterocycles. The SMILES string of the molecule is CCN(CC(=O)NC)C(=O)[C@@H](N)CCSC. The second-order valence-electron chi connectivity index (χ2n) is 3.41. The summed E-state index contributed by atoms with van der Waals surface area (Å²) in [6, 6.07) is -0.503. The maximum Gasteiger partial charge on any atom is 0.239 e. The maximum atomic E-state index is 11.8. The van der Waals surface area contributed by atoms with E-state index < -0.39 is 6.04 Å². The highest BCUT2D eigenvalue weighted by atomic mass is 32.2. The van der Waals surface area contributed by atoms with Crippen molar-refractivity contribution < 1.29 is 9.59 Å². The van der Waals surface area contributed by atoms with E-state index in [0.717, 1.165) is 5.75 Å². The summed E-state index contributed by atoms with van der Waals surface area (Å²) in [6.07, 6.45) is 2.61. The van der Waals surface area contributed by atoms with Gasteiger partial charge in [-0.25, -0.2) is 0 Å². The number of rotatable bonds is 7. The van der Waals surface area contributed by atoms with Crippen molar-refractivity contribution in [2.45, 2.75) is 19.4 Å². The van der Waals surface area contributed by atoms with Crippen LogP contribution in [0.1, 0.15) is 13.3 Å². The summed E-state index contributed by atoms with van der Waals surface area (Å²) in [5.74, 6) is 0.525. The minimum absolute atomic E-state index is 0.0821. The molecule has 0 aliphatic heterocycles. The van der Waals surface area contributed by atoms with Gasteiger partial charge in [0.05, 0.1) is 12.6 Å². The average molecular weight is 247 g/mol. The van der Waals surface area contributed by atoms with Crippen molar-refractivity contribution in [3.63, 3.8) is 0 Å². The fraction of sp³-hybridized carbons (Fsp3) is 0.800. The number of nitrogens with two attached hydrogens (primary N) is 1. The summed E-state index contributed by atoms with van der Waals surface area (Å²) >= 11 is 1.66. The zero-order valence-corrected chi connectivity index (χ0v) is 11.0. The van der Waals surface area contributed by atoms with Crippen LogP contribution in [0.5, 0.6) is 0 Å². The summed E-state index contributed by atoms with van der Waals surface area (Å²) in [6.45, 7) is 2.42. The molecule has 0 unspecified atom stereocenters. The van der Waals surface area contributed by atoms with E-state index in [1.165, 1.54) is 4.90 Å². The van der Waals surface area contributed by atoms with Crippen molar-refractivity contribution in [3.05, 3.63) is 0 Å². The van der Waals surface area contributed by atoms with Crippen molar-refractivity contribution in [3.8, 4) is 0 Å². The Labute approximate surface area is 101 Å². The smallest absolute Gasteiger partial charge is 0.239 e. The largest absolute Gasteiger partial charge is 0.358 e. The van der Waals surface area contributed by atoms with Gasteiger partial charge in [-0.15, -0.1) is 0 Å². The van der Waals surface area contributed by atoms with Gasteiger partial charge in [-0.3, -0.25) is 9.59 Å². The monoisotopic (exact) mass is 247 g/mol. The van der Waals surface area contributed by atoms with Crippen LogP contribution in [0.4, 0.5) is 0 Å². The number of nitrogens with zero attached hydrogens (tertiary/aromatic N) is 1. The van der Waals surface area contributed by atoms with E-state index in [4.69, 9.17) is 5.73 Å². The van der Waals surface area contributed by atoms with Crippen LogP contribution in [-0.4, -0.2) is 54.9 Å². The predicted molar refractivity (Wildman–Crippen MR) is 67.3 cm³/mol. The summed E-state index contributed by atoms with van der Waals surface area (Å²) in [5, 5.41) is 2.49. The molecule has 0 rings (SSSR count). The Balaban J connectivity index is 4.23. The summed E-state index contributed by atoms with van der Waals surface area (Å²) in [5.41, 5.74) is 5.76. The third-order valence-electron chi connectivity index (χ3n) is 2.26. The van der Waals surface area contributed by atoms with E-state index in [2.05, 4.69) is 5.32 Å². The lowest BCUT2D eigenvalue weighted by molar-refractivity contribution is -0.136. The molecule has 2 amide bonds. The first-order chi connectivity index (χ1) is 7.56. The van der Waals surface area contributed by atoms with Crippen LogP contribution in [0.15, 0.2) is 0 Å². The number of thioether (sulfide) groups is 1. The number of carbonyl (C=O) groups excluding carboxylic acids is 2. The minimum Gasteiger partial charge on any atom is -0.358 e. The van der Waals surface area contributed by atoms with Crippen LogP contribution in [0.25, 0.3) is 0 Å². The Hall–Kier alpha value is -0.750. The zero-order valence-electron chi connectivity index (χ0n) is 10.2. The standard InChI is InChI=1S/C10H21N3O2S/c1-4-13(7-9(14)12-2)10(15)8(11)5-6-16-3/h8H,4-7,11H2,1-3H3,(H,12,14)/t8-/m0/s1. The highest BCUT2D eigenvalue weighted by Crippen LogP contribution is 2.02. The molecule has 0 bridgehead atoms. The molecule has 0 aromatic rings. The highest BCUT2D eigenvalue weighted by molar-refractivity contribution is 7.98. The molecule has 1 atom stereocenters. The van der Waals surface area contributed by atoms with Crippen molar-refractivity contribution in [1.29, 1.82) is 0 Å². The first-order valence-corrected chi connectivity index (χ1v) is 6.70. The molecule has 0 radical (unpaired) electrons. The van der Waals surface area contributed by atoms with Gasteiger partial charge < -0.3 is 16.0 Å². The van der Waals surface area contributed by atoms with Gasteiger partial charge in [0.2, 0.25) is 11.8 Å². The molecule has 5 nitrogen and oxygen atoms in total. The number of amides is 2. The molecule has 0 spiro atoms. The van der Waals surface area contributed by atoms with Crippen LogP contribution >= 0.6 is 11.8 Å². The normalized spacial score (nSPS) is 12.0. The Morgan fingerprint density at radius 1 is 1.50 bits per heavy atom. The molecule has 94 valence electrons. The lowest BCUT2D eigenvalue weighted by Gasteiger charge is -2.23. The number of hydrogen-bond donors (Lipinski definition) is 2. The summed E-state index contributed by atoms with van der Waals surface area (Å²) in [7, 11) is 1.55. The molecule has 0 heterocycles. The first-order valence-electron chi connectivity index (χ1n) is 5.30. The van der Waals surface area contributed by atoms with Gasteiger partial charge in [0.1, 0.15) is 0 Å². The third kappa shape index (κ3) is 5.37. The molecule has 0 fully saturated rings. The molecule has 0 saturated heterocycles. The number of hydrogen-bond acceptors (Lipinski definition) is 4. The number of carbonyl (C=O) groups is 2. The van der Waals surface area contributed by atoms with Gasteiger partial charge in [0.25, 0.3) is 0 Å². The van der Waals surface area contributed by atoms with E-state index in [9.17, 15) is 9.59 Å². The van der Waals surface area contributed by atoms with E-state index in [1.807, 2.05) is 13.2 Å². The van der Waals surface area contributed by atoms with Crippen LogP contribution in [0, 0.1) is 0 Å². The fourth-order valence-electron chi connectivity index (χ4n) is 1.20. The first kappa shape index (κ1) is 15.2. The second kappa shape index (κ2) is 8.41. The number of nitrogens with one attached hydrogen (secondary N) is 1. The molecular weight excluding hydrogens is 226 g/mol. The fourth-order valence-corrected chi connectivity index (χ4v) is 1.69. The summed E-state index contributed by atoms with van der Waals surface area (Å²) in [4.78, 5) is 24.5. The Bertz CT molecular complexity index is 236. The molecule has 0 aliphatic carbocycles. The lowest BCUT2D eigenvalue weighted by Crippen LogP contribution is -2.47. The van der Waals surface area contributed by atoms with Gasteiger partial charge in [0.15, 0.2) is 0 Å². The van der Waals surface area contributed by atoms with Gasteiger partial charge in [-0.05, 0) is 25.4 Å². The van der Waals surface area contributed by atoms with E-state index >= 15 is 0 Å². The van der Waals surface area contributed by atoms with Gasteiger partial charge in [-0.1, -0.05) is 0 Å². The molecule has 3 N–H and O–H groups in total. The summed E-state index contributed by atoms with van der Waals surface area (Å²) < 4.78 is 0. The topological polar surface area (TPSA) is 75.4 Å². The van der Waals surface area contributed by atoms with Crippen molar-refractivity contribution >= 4 is 23.6 Å². The second-order valence-corrected chi connectivity index (χ2v) is 4.40. The van der Waals surface area contributed by atoms with E-state index in [0.29, 0.717) is 13.0 Å². The molecule has 16 heavy (non-hydrogen) atoms. The minimum atomic E-state index is -0.503. The molecular formula is C10H21N3O2S.